The van der Waals surface area contributed by atoms with Crippen molar-refractivity contribution in [3.8, 4) is 0 Å². The standard InChI is InChI=1S/C19H32ClN5O3/c1-24(9-8-20)14-5-2-12-3-7-18(26)19(15(12)11-14)23-22-16-6-4-13(21)10-17(16)25(27)28/h8,12-19,26H,1-7,9-11,21H2. The van der Waals surface area contributed by atoms with Gasteiger partial charge in [0, 0.05) is 36.8 Å². The van der Waals surface area contributed by atoms with Gasteiger partial charge >= 0.3 is 0 Å². The van der Waals surface area contributed by atoms with E-state index in [2.05, 4.69) is 16.9 Å². The Morgan fingerprint density at radius 3 is 2.64 bits per heavy atom. The van der Waals surface area contributed by atoms with E-state index in [-0.39, 0.29) is 22.9 Å². The molecule has 8 unspecified atom stereocenters. The molecule has 0 aliphatic heterocycles. The van der Waals surface area contributed by atoms with Crippen LogP contribution in [0.3, 0.4) is 0 Å². The van der Waals surface area contributed by atoms with Crippen LogP contribution in [-0.2, 0) is 0 Å². The maximum atomic E-state index is 11.4. The molecule has 0 aromatic heterocycles. The number of nitrogens with two attached hydrogens (primary N) is 1. The zero-order chi connectivity index (χ0) is 20.3. The van der Waals surface area contributed by atoms with Gasteiger partial charge in [-0.1, -0.05) is 0 Å². The molecule has 9 heteroatoms. The Morgan fingerprint density at radius 1 is 1.18 bits per heavy atom. The maximum absolute atomic E-state index is 11.4. The lowest BCUT2D eigenvalue weighted by Crippen LogP contribution is -2.47. The Balaban J connectivity index is 1.72. The molecular formula is C19H32ClN5O3. The van der Waals surface area contributed by atoms with E-state index in [9.17, 15) is 15.2 Å². The fourth-order valence-electron chi connectivity index (χ4n) is 5.28. The average Bonchev–Trinajstić information content (AvgIpc) is 2.67. The molecule has 0 radical (unpaired) electrons. The highest BCUT2D eigenvalue weighted by Crippen LogP contribution is 2.43. The molecule has 3 saturated carbocycles. The topological polar surface area (TPSA) is 117 Å². The van der Waals surface area contributed by atoms with Crippen LogP contribution in [0.4, 0.5) is 0 Å². The van der Waals surface area contributed by atoms with Crippen molar-refractivity contribution in [1.82, 2.24) is 0 Å². The molecular weight excluding hydrogens is 382 g/mol. The van der Waals surface area contributed by atoms with E-state index < -0.39 is 18.2 Å². The van der Waals surface area contributed by atoms with Gasteiger partial charge in [-0.15, -0.1) is 0 Å². The summed E-state index contributed by atoms with van der Waals surface area (Å²) in [5.41, 5.74) is 5.90. The zero-order valence-electron chi connectivity index (χ0n) is 16.3. The van der Waals surface area contributed by atoms with E-state index >= 15 is 0 Å². The van der Waals surface area contributed by atoms with Crippen LogP contribution in [0.2, 0.25) is 0 Å². The first-order valence-corrected chi connectivity index (χ1v) is 10.8. The Hall–Kier alpha value is -1.12. The summed E-state index contributed by atoms with van der Waals surface area (Å²) in [5, 5.41) is 31.0. The van der Waals surface area contributed by atoms with Crippen LogP contribution in [0, 0.1) is 27.8 Å². The van der Waals surface area contributed by atoms with Crippen molar-refractivity contribution in [2.75, 3.05) is 6.54 Å². The monoisotopic (exact) mass is 413 g/mol. The Morgan fingerprint density at radius 2 is 1.93 bits per heavy atom. The third kappa shape index (κ3) is 4.89. The average molecular weight is 414 g/mol. The van der Waals surface area contributed by atoms with Crippen LogP contribution in [0.25, 0.3) is 0 Å². The van der Waals surface area contributed by atoms with Crippen LogP contribution in [-0.4, -0.2) is 64.2 Å². The molecule has 3 fully saturated rings. The summed E-state index contributed by atoms with van der Waals surface area (Å²) >= 11 is 5.75. The van der Waals surface area contributed by atoms with Crippen molar-refractivity contribution in [2.45, 2.75) is 87.7 Å². The summed E-state index contributed by atoms with van der Waals surface area (Å²) in [4.78, 5) is 11.1. The van der Waals surface area contributed by atoms with Gasteiger partial charge in [0.05, 0.1) is 12.1 Å². The van der Waals surface area contributed by atoms with Gasteiger partial charge in [0.25, 0.3) is 0 Å². The number of rotatable bonds is 6. The Labute approximate surface area is 171 Å². The number of fused-ring (bicyclic) bond motifs is 1. The molecule has 3 N–H and O–H groups in total. The Bertz CT molecular complexity index is 604. The van der Waals surface area contributed by atoms with E-state index in [1.807, 2.05) is 4.58 Å². The van der Waals surface area contributed by atoms with E-state index in [0.29, 0.717) is 37.8 Å². The molecule has 0 heterocycles. The highest BCUT2D eigenvalue weighted by molar-refractivity contribution is 6.23. The molecule has 0 saturated heterocycles. The third-order valence-electron chi connectivity index (χ3n) is 6.95. The molecule has 28 heavy (non-hydrogen) atoms. The highest BCUT2D eigenvalue weighted by Gasteiger charge is 2.45. The van der Waals surface area contributed by atoms with Gasteiger partial charge in [0.1, 0.15) is 18.8 Å². The van der Waals surface area contributed by atoms with Crippen LogP contribution in [0.5, 0.6) is 0 Å². The van der Waals surface area contributed by atoms with Gasteiger partial charge in [0.2, 0.25) is 6.04 Å². The number of nitrogens with zero attached hydrogens (tertiary/aromatic N) is 4. The summed E-state index contributed by atoms with van der Waals surface area (Å²) in [6.45, 7) is 4.72. The minimum Gasteiger partial charge on any atom is -0.391 e. The molecule has 8 atom stereocenters. The van der Waals surface area contributed by atoms with Gasteiger partial charge in [-0.05, 0) is 43.9 Å². The van der Waals surface area contributed by atoms with Gasteiger partial charge in [0.15, 0.2) is 0 Å². The summed E-state index contributed by atoms with van der Waals surface area (Å²) in [7, 11) is 0. The summed E-state index contributed by atoms with van der Waals surface area (Å²) in [6.07, 6.45) is 5.86. The molecule has 158 valence electrons. The first-order chi connectivity index (χ1) is 13.4. The number of azo groups is 1. The second-order valence-corrected chi connectivity index (χ2v) is 8.98. The molecule has 0 spiro atoms. The van der Waals surface area contributed by atoms with E-state index in [1.54, 1.807) is 5.88 Å². The number of aliphatic hydroxyl groups is 1. The van der Waals surface area contributed by atoms with Crippen LogP contribution < -0.4 is 5.73 Å². The van der Waals surface area contributed by atoms with Crippen LogP contribution in [0.15, 0.2) is 10.2 Å². The molecule has 0 amide bonds. The fourth-order valence-corrected chi connectivity index (χ4v) is 5.46. The van der Waals surface area contributed by atoms with Crippen molar-refractivity contribution in [1.29, 1.82) is 0 Å². The summed E-state index contributed by atoms with van der Waals surface area (Å²) < 4.78 is 2.00. The molecule has 0 aromatic rings. The zero-order valence-corrected chi connectivity index (χ0v) is 17.0. The van der Waals surface area contributed by atoms with Gasteiger partial charge in [-0.3, -0.25) is 14.7 Å². The first-order valence-electron chi connectivity index (χ1n) is 10.4. The quantitative estimate of drug-likeness (QED) is 0.173. The smallest absolute Gasteiger partial charge is 0.238 e. The molecule has 8 nitrogen and oxygen atoms in total. The number of hydrogen-bond acceptors (Lipinski definition) is 6. The lowest BCUT2D eigenvalue weighted by molar-refractivity contribution is -0.557. The van der Waals surface area contributed by atoms with Crippen molar-refractivity contribution in [3.63, 3.8) is 0 Å². The largest absolute Gasteiger partial charge is 0.391 e. The number of aliphatic hydroxyl groups excluding tert-OH is 1. The fraction of sp³-hybridized carbons (Fsp3) is 0.895. The van der Waals surface area contributed by atoms with E-state index in [0.717, 1.165) is 32.1 Å². The van der Waals surface area contributed by atoms with Gasteiger partial charge in [-0.25, -0.2) is 0 Å². The SMILES string of the molecule is C=[N+](C[CH-]Cl)C1CCC2CCC(O)C(N=NC3CCC(N)CC3[N+](=O)[O-])C2C1. The van der Waals surface area contributed by atoms with Crippen molar-refractivity contribution < 1.29 is 14.6 Å². The lowest BCUT2D eigenvalue weighted by atomic mass is 9.66. The van der Waals surface area contributed by atoms with Crippen LogP contribution >= 0.6 is 11.6 Å². The summed E-state index contributed by atoms with van der Waals surface area (Å²) in [6, 6.07) is -1.36. The maximum Gasteiger partial charge on any atom is 0.238 e. The van der Waals surface area contributed by atoms with Crippen molar-refractivity contribution >= 4 is 18.3 Å². The molecule has 0 bridgehead atoms. The molecule has 3 aliphatic rings. The first kappa shape index (κ1) is 21.6. The minimum absolute atomic E-state index is 0.146. The predicted octanol–water partition coefficient (Wildman–Crippen LogP) is 2.39. The summed E-state index contributed by atoms with van der Waals surface area (Å²) in [5.74, 6) is 2.33. The van der Waals surface area contributed by atoms with E-state index in [4.69, 9.17) is 17.3 Å². The molecule has 0 aromatic carbocycles. The number of halogens is 1. The van der Waals surface area contributed by atoms with Gasteiger partial charge < -0.3 is 22.4 Å². The molecule has 3 rings (SSSR count). The highest BCUT2D eigenvalue weighted by atomic mass is 35.5. The van der Waals surface area contributed by atoms with Crippen LogP contribution in [0.1, 0.15) is 51.4 Å². The minimum atomic E-state index is -0.780. The molecule has 3 aliphatic carbocycles. The lowest BCUT2D eigenvalue weighted by Gasteiger charge is -2.43. The third-order valence-corrected chi connectivity index (χ3v) is 7.09. The number of nitro groups is 1. The van der Waals surface area contributed by atoms with Crippen molar-refractivity contribution in [3.05, 3.63) is 16.0 Å². The second-order valence-electron chi connectivity index (χ2n) is 8.68. The predicted molar refractivity (Wildman–Crippen MR) is 107 cm³/mol. The second kappa shape index (κ2) is 9.59. The number of hydrogen-bond donors (Lipinski definition) is 2. The van der Waals surface area contributed by atoms with Gasteiger partial charge in [-0.2, -0.15) is 16.1 Å². The normalized spacial score (nSPS) is 41.5. The van der Waals surface area contributed by atoms with E-state index in [1.165, 1.54) is 0 Å². The van der Waals surface area contributed by atoms with Crippen molar-refractivity contribution in [2.24, 2.45) is 27.8 Å². The Kier molecular flexibility index (Phi) is 7.39.